The van der Waals surface area contributed by atoms with Gasteiger partial charge in [-0.25, -0.2) is 18.6 Å². The SMILES string of the molecule is O=C(NCCNc1ccc(Nc2ccccn2)nn1)Nc1cc(F)cc(F)c1. The number of hydrogen-bond acceptors (Lipinski definition) is 6. The van der Waals surface area contributed by atoms with E-state index in [-0.39, 0.29) is 12.2 Å². The Morgan fingerprint density at radius 3 is 2.32 bits per heavy atom. The third kappa shape index (κ3) is 5.87. The molecule has 0 aliphatic heterocycles. The Hall–Kier alpha value is -3.82. The van der Waals surface area contributed by atoms with Crippen LogP contribution in [-0.2, 0) is 0 Å². The lowest BCUT2D eigenvalue weighted by Crippen LogP contribution is -2.32. The zero-order valence-electron chi connectivity index (χ0n) is 14.6. The van der Waals surface area contributed by atoms with E-state index in [2.05, 4.69) is 36.4 Å². The van der Waals surface area contributed by atoms with Crippen molar-refractivity contribution >= 4 is 29.2 Å². The number of carbonyl (C=O) groups is 1. The smallest absolute Gasteiger partial charge is 0.319 e. The van der Waals surface area contributed by atoms with Crippen molar-refractivity contribution in [2.75, 3.05) is 29.0 Å². The predicted molar refractivity (Wildman–Crippen MR) is 101 cm³/mol. The Bertz CT molecular complexity index is 903. The summed E-state index contributed by atoms with van der Waals surface area (Å²) in [7, 11) is 0. The van der Waals surface area contributed by atoms with E-state index < -0.39 is 17.7 Å². The molecule has 0 aliphatic carbocycles. The molecule has 2 heterocycles. The van der Waals surface area contributed by atoms with E-state index in [9.17, 15) is 13.6 Å². The number of nitrogens with one attached hydrogen (secondary N) is 4. The number of urea groups is 1. The van der Waals surface area contributed by atoms with Crippen LogP contribution in [0.5, 0.6) is 0 Å². The van der Waals surface area contributed by atoms with E-state index in [4.69, 9.17) is 0 Å². The highest BCUT2D eigenvalue weighted by atomic mass is 19.1. The van der Waals surface area contributed by atoms with Crippen molar-refractivity contribution in [3.8, 4) is 0 Å². The summed E-state index contributed by atoms with van der Waals surface area (Å²) < 4.78 is 26.2. The number of halogens is 2. The lowest BCUT2D eigenvalue weighted by atomic mass is 10.3. The Balaban J connectivity index is 1.39. The quantitative estimate of drug-likeness (QED) is 0.466. The average Bonchev–Trinajstić information content (AvgIpc) is 2.66. The van der Waals surface area contributed by atoms with E-state index >= 15 is 0 Å². The summed E-state index contributed by atoms with van der Waals surface area (Å²) in [6.45, 7) is 0.645. The fourth-order valence-electron chi connectivity index (χ4n) is 2.23. The first-order valence-corrected chi connectivity index (χ1v) is 8.35. The lowest BCUT2D eigenvalue weighted by molar-refractivity contribution is 0.252. The molecule has 0 atom stereocenters. The van der Waals surface area contributed by atoms with Crippen LogP contribution in [0.15, 0.2) is 54.7 Å². The molecule has 0 aliphatic rings. The number of rotatable bonds is 7. The maximum atomic E-state index is 13.1. The fraction of sp³-hybridized carbons (Fsp3) is 0.111. The molecular formula is C18H17F2N7O. The van der Waals surface area contributed by atoms with Crippen molar-refractivity contribution in [3.05, 3.63) is 66.4 Å². The molecule has 0 bridgehead atoms. The van der Waals surface area contributed by atoms with Crippen LogP contribution in [0.4, 0.5) is 36.7 Å². The van der Waals surface area contributed by atoms with E-state index in [0.29, 0.717) is 24.0 Å². The molecule has 0 saturated carbocycles. The maximum absolute atomic E-state index is 13.1. The second-order valence-corrected chi connectivity index (χ2v) is 5.61. The molecule has 0 radical (unpaired) electrons. The van der Waals surface area contributed by atoms with Crippen LogP contribution >= 0.6 is 0 Å². The van der Waals surface area contributed by atoms with Crippen LogP contribution < -0.4 is 21.3 Å². The van der Waals surface area contributed by atoms with Gasteiger partial charge in [0.2, 0.25) is 0 Å². The van der Waals surface area contributed by atoms with Gasteiger partial charge in [0.1, 0.15) is 23.3 Å². The molecule has 8 nitrogen and oxygen atoms in total. The molecule has 0 saturated heterocycles. The van der Waals surface area contributed by atoms with Crippen molar-refractivity contribution in [2.45, 2.75) is 0 Å². The van der Waals surface area contributed by atoms with Crippen molar-refractivity contribution < 1.29 is 13.6 Å². The Labute approximate surface area is 159 Å². The van der Waals surface area contributed by atoms with Crippen molar-refractivity contribution in [1.82, 2.24) is 20.5 Å². The van der Waals surface area contributed by atoms with Gasteiger partial charge < -0.3 is 21.3 Å². The summed E-state index contributed by atoms with van der Waals surface area (Å²) in [5.74, 6) is 0.198. The molecule has 2 amide bonds. The van der Waals surface area contributed by atoms with E-state index in [1.807, 2.05) is 18.2 Å². The van der Waals surface area contributed by atoms with E-state index in [1.54, 1.807) is 18.3 Å². The summed E-state index contributed by atoms with van der Waals surface area (Å²) in [6, 6.07) is 11.1. The van der Waals surface area contributed by atoms with Crippen LogP contribution in [0.2, 0.25) is 0 Å². The zero-order valence-corrected chi connectivity index (χ0v) is 14.6. The fourth-order valence-corrected chi connectivity index (χ4v) is 2.23. The van der Waals surface area contributed by atoms with Crippen molar-refractivity contribution in [2.24, 2.45) is 0 Å². The third-order valence-corrected chi connectivity index (χ3v) is 3.42. The molecule has 2 aromatic heterocycles. The van der Waals surface area contributed by atoms with Gasteiger partial charge in [0, 0.05) is 31.0 Å². The van der Waals surface area contributed by atoms with Gasteiger partial charge in [-0.2, -0.15) is 0 Å². The monoisotopic (exact) mass is 385 g/mol. The number of anilines is 4. The van der Waals surface area contributed by atoms with Crippen molar-refractivity contribution in [3.63, 3.8) is 0 Å². The minimum absolute atomic E-state index is 0.0322. The third-order valence-electron chi connectivity index (χ3n) is 3.42. The molecule has 0 unspecified atom stereocenters. The first-order valence-electron chi connectivity index (χ1n) is 8.35. The zero-order chi connectivity index (χ0) is 19.8. The topological polar surface area (TPSA) is 104 Å². The largest absolute Gasteiger partial charge is 0.367 e. The second-order valence-electron chi connectivity index (χ2n) is 5.61. The summed E-state index contributed by atoms with van der Waals surface area (Å²) in [6.07, 6.45) is 1.67. The lowest BCUT2D eigenvalue weighted by Gasteiger charge is -2.09. The Kier molecular flexibility index (Phi) is 6.24. The molecular weight excluding hydrogens is 368 g/mol. The van der Waals surface area contributed by atoms with Crippen LogP contribution in [0.25, 0.3) is 0 Å². The molecule has 0 fully saturated rings. The van der Waals surface area contributed by atoms with Gasteiger partial charge in [-0.1, -0.05) is 6.07 Å². The van der Waals surface area contributed by atoms with Crippen LogP contribution in [0, 0.1) is 11.6 Å². The summed E-state index contributed by atoms with van der Waals surface area (Å²) in [5.41, 5.74) is 0.0322. The second kappa shape index (κ2) is 9.21. The molecule has 3 aromatic rings. The molecule has 1 aromatic carbocycles. The molecule has 10 heteroatoms. The molecule has 144 valence electrons. The maximum Gasteiger partial charge on any atom is 0.319 e. The predicted octanol–water partition coefficient (Wildman–Crippen LogP) is 3.13. The van der Waals surface area contributed by atoms with Gasteiger partial charge in [-0.3, -0.25) is 0 Å². The number of carbonyl (C=O) groups excluding carboxylic acids is 1. The molecule has 3 rings (SSSR count). The highest BCUT2D eigenvalue weighted by Gasteiger charge is 2.05. The van der Waals surface area contributed by atoms with Gasteiger partial charge in [0.05, 0.1) is 0 Å². The first-order chi connectivity index (χ1) is 13.6. The number of nitrogens with zero attached hydrogens (tertiary/aromatic N) is 3. The van der Waals surface area contributed by atoms with Gasteiger partial charge in [0.15, 0.2) is 5.82 Å². The number of benzene rings is 1. The molecule has 4 N–H and O–H groups in total. The van der Waals surface area contributed by atoms with Gasteiger partial charge in [-0.05, 0) is 36.4 Å². The number of pyridine rings is 1. The highest BCUT2D eigenvalue weighted by molar-refractivity contribution is 5.89. The number of amides is 2. The van der Waals surface area contributed by atoms with Gasteiger partial charge in [0.25, 0.3) is 0 Å². The highest BCUT2D eigenvalue weighted by Crippen LogP contribution is 2.13. The van der Waals surface area contributed by atoms with Crippen LogP contribution in [-0.4, -0.2) is 34.3 Å². The summed E-state index contributed by atoms with van der Waals surface area (Å²) in [4.78, 5) is 15.9. The Morgan fingerprint density at radius 1 is 0.893 bits per heavy atom. The minimum atomic E-state index is -0.767. The van der Waals surface area contributed by atoms with Gasteiger partial charge >= 0.3 is 6.03 Å². The van der Waals surface area contributed by atoms with Crippen molar-refractivity contribution in [1.29, 1.82) is 0 Å². The van der Waals surface area contributed by atoms with Gasteiger partial charge in [-0.15, -0.1) is 10.2 Å². The minimum Gasteiger partial charge on any atom is -0.367 e. The normalized spacial score (nSPS) is 10.2. The van der Waals surface area contributed by atoms with Crippen LogP contribution in [0.3, 0.4) is 0 Å². The number of aromatic nitrogens is 3. The van der Waals surface area contributed by atoms with Crippen LogP contribution in [0.1, 0.15) is 0 Å². The first kappa shape index (κ1) is 19.0. The Morgan fingerprint density at radius 2 is 1.64 bits per heavy atom. The average molecular weight is 385 g/mol. The number of hydrogen-bond donors (Lipinski definition) is 4. The van der Waals surface area contributed by atoms with E-state index in [1.165, 1.54) is 0 Å². The molecule has 0 spiro atoms. The summed E-state index contributed by atoms with van der Waals surface area (Å²) >= 11 is 0. The standard InChI is InChI=1S/C18H17F2N7O/c19-12-9-13(20)11-14(10-12)24-18(28)23-8-7-22-16-4-5-17(27-26-16)25-15-3-1-2-6-21-15/h1-6,9-11H,7-8H2,(H,22,26)(H,21,25,27)(H2,23,24,28). The molecule has 28 heavy (non-hydrogen) atoms. The summed E-state index contributed by atoms with van der Waals surface area (Å²) in [5, 5.41) is 19.0. The van der Waals surface area contributed by atoms with E-state index in [0.717, 1.165) is 18.2 Å².